The zero-order valence-corrected chi connectivity index (χ0v) is 11.7. The molecular weight excluding hydrogens is 239 g/mol. The monoisotopic (exact) mass is 264 g/mol. The van der Waals surface area contributed by atoms with Gasteiger partial charge in [-0.05, 0) is 48.8 Å². The van der Waals surface area contributed by atoms with Crippen LogP contribution >= 0.6 is 0 Å². The van der Waals surface area contributed by atoms with E-state index in [0.29, 0.717) is 12.0 Å². The second-order valence-corrected chi connectivity index (χ2v) is 5.80. The molecule has 0 aliphatic heterocycles. The predicted octanol–water partition coefficient (Wildman–Crippen LogP) is 3.42. The average Bonchev–Trinajstić information content (AvgIpc) is 2.46. The molecule has 0 bridgehead atoms. The van der Waals surface area contributed by atoms with Gasteiger partial charge in [0.05, 0.1) is 0 Å². The quantitative estimate of drug-likeness (QED) is 0.632. The first-order chi connectivity index (χ1) is 9.22. The molecule has 0 heterocycles. The van der Waals surface area contributed by atoms with Crippen molar-refractivity contribution in [3.8, 4) is 0 Å². The smallest absolute Gasteiger partial charge is 0.123 e. The van der Waals surface area contributed by atoms with Crippen molar-refractivity contribution in [2.75, 3.05) is 0 Å². The number of halogens is 1. The Morgan fingerprint density at radius 3 is 2.68 bits per heavy atom. The van der Waals surface area contributed by atoms with E-state index in [2.05, 4.69) is 12.3 Å². The molecule has 3 heteroatoms. The Bertz CT molecular complexity index is 377. The summed E-state index contributed by atoms with van der Waals surface area (Å²) in [6.07, 6.45) is 7.35. The van der Waals surface area contributed by atoms with Crippen LogP contribution in [-0.2, 0) is 6.42 Å². The lowest BCUT2D eigenvalue weighted by atomic mass is 9.75. The average molecular weight is 264 g/mol. The molecule has 19 heavy (non-hydrogen) atoms. The molecule has 2 rings (SSSR count). The minimum absolute atomic E-state index is 0.176. The molecule has 3 unspecified atom stereocenters. The predicted molar refractivity (Wildman–Crippen MR) is 77.0 cm³/mol. The molecule has 0 amide bonds. The lowest BCUT2D eigenvalue weighted by Gasteiger charge is -2.34. The summed E-state index contributed by atoms with van der Waals surface area (Å²) < 4.78 is 12.9. The van der Waals surface area contributed by atoms with Crippen molar-refractivity contribution < 1.29 is 4.39 Å². The molecule has 0 saturated heterocycles. The molecule has 3 atom stereocenters. The fraction of sp³-hybridized carbons (Fsp3) is 0.625. The molecule has 0 radical (unpaired) electrons. The summed E-state index contributed by atoms with van der Waals surface area (Å²) in [4.78, 5) is 0. The second kappa shape index (κ2) is 7.01. The van der Waals surface area contributed by atoms with Gasteiger partial charge in [0.2, 0.25) is 0 Å². The zero-order valence-electron chi connectivity index (χ0n) is 11.7. The summed E-state index contributed by atoms with van der Waals surface area (Å²) in [5.74, 6) is 7.06. The van der Waals surface area contributed by atoms with Gasteiger partial charge in [-0.15, -0.1) is 0 Å². The maximum absolute atomic E-state index is 12.9. The fourth-order valence-corrected chi connectivity index (χ4v) is 3.30. The molecule has 2 nitrogen and oxygen atoms in total. The number of hydrogen-bond acceptors (Lipinski definition) is 2. The Morgan fingerprint density at radius 1 is 1.32 bits per heavy atom. The fourth-order valence-electron chi connectivity index (χ4n) is 3.30. The van der Waals surface area contributed by atoms with E-state index in [1.165, 1.54) is 44.2 Å². The molecular formula is C16H25FN2. The Labute approximate surface area is 115 Å². The van der Waals surface area contributed by atoms with Crippen LogP contribution in [0.2, 0.25) is 0 Å². The highest BCUT2D eigenvalue weighted by molar-refractivity contribution is 5.17. The van der Waals surface area contributed by atoms with Crippen LogP contribution in [0.4, 0.5) is 4.39 Å². The van der Waals surface area contributed by atoms with Crippen molar-refractivity contribution in [3.63, 3.8) is 0 Å². The van der Waals surface area contributed by atoms with Crippen LogP contribution in [0.15, 0.2) is 24.3 Å². The highest BCUT2D eigenvalue weighted by atomic mass is 19.1. The van der Waals surface area contributed by atoms with Crippen molar-refractivity contribution in [1.29, 1.82) is 0 Å². The van der Waals surface area contributed by atoms with Gasteiger partial charge in [0.25, 0.3) is 0 Å². The Balaban J connectivity index is 1.97. The van der Waals surface area contributed by atoms with Crippen LogP contribution in [0, 0.1) is 17.7 Å². The third-order valence-electron chi connectivity index (χ3n) is 4.55. The lowest BCUT2D eigenvalue weighted by molar-refractivity contribution is 0.208. The zero-order chi connectivity index (χ0) is 13.7. The SMILES string of the molecule is CCC1CCCC(C(Cc2ccc(F)cc2)NN)C1. The van der Waals surface area contributed by atoms with Crippen LogP contribution in [-0.4, -0.2) is 6.04 Å². The first-order valence-corrected chi connectivity index (χ1v) is 7.43. The topological polar surface area (TPSA) is 38.0 Å². The van der Waals surface area contributed by atoms with E-state index in [1.54, 1.807) is 0 Å². The van der Waals surface area contributed by atoms with Crippen LogP contribution in [0.25, 0.3) is 0 Å². The molecule has 1 saturated carbocycles. The van der Waals surface area contributed by atoms with Gasteiger partial charge in [-0.2, -0.15) is 0 Å². The minimum atomic E-state index is -0.176. The lowest BCUT2D eigenvalue weighted by Crippen LogP contribution is -2.44. The second-order valence-electron chi connectivity index (χ2n) is 5.80. The normalized spacial score (nSPS) is 25.2. The maximum Gasteiger partial charge on any atom is 0.123 e. The van der Waals surface area contributed by atoms with E-state index in [9.17, 15) is 4.39 Å². The maximum atomic E-state index is 12.9. The Hall–Kier alpha value is -0.930. The number of nitrogens with two attached hydrogens (primary N) is 1. The van der Waals surface area contributed by atoms with Gasteiger partial charge < -0.3 is 0 Å². The number of nitrogens with one attached hydrogen (secondary N) is 1. The van der Waals surface area contributed by atoms with Crippen molar-refractivity contribution in [3.05, 3.63) is 35.6 Å². The summed E-state index contributed by atoms with van der Waals surface area (Å²) in [6, 6.07) is 7.08. The summed E-state index contributed by atoms with van der Waals surface area (Å²) >= 11 is 0. The molecule has 3 N–H and O–H groups in total. The van der Waals surface area contributed by atoms with Gasteiger partial charge >= 0.3 is 0 Å². The molecule has 1 aromatic rings. The van der Waals surface area contributed by atoms with E-state index < -0.39 is 0 Å². The van der Waals surface area contributed by atoms with E-state index >= 15 is 0 Å². The van der Waals surface area contributed by atoms with Gasteiger partial charge in [0.1, 0.15) is 5.82 Å². The Morgan fingerprint density at radius 2 is 2.05 bits per heavy atom. The number of hydrogen-bond donors (Lipinski definition) is 2. The van der Waals surface area contributed by atoms with Crippen LogP contribution in [0.5, 0.6) is 0 Å². The summed E-state index contributed by atoms with van der Waals surface area (Å²) in [5.41, 5.74) is 4.14. The first kappa shape index (κ1) is 14.5. The van der Waals surface area contributed by atoms with E-state index in [4.69, 9.17) is 5.84 Å². The van der Waals surface area contributed by atoms with Gasteiger partial charge in [0.15, 0.2) is 0 Å². The molecule has 1 fully saturated rings. The van der Waals surface area contributed by atoms with Crippen LogP contribution < -0.4 is 11.3 Å². The van der Waals surface area contributed by atoms with Gasteiger partial charge in [0, 0.05) is 6.04 Å². The van der Waals surface area contributed by atoms with Gasteiger partial charge in [-0.1, -0.05) is 38.3 Å². The number of rotatable bonds is 5. The molecule has 1 aliphatic carbocycles. The number of benzene rings is 1. The summed E-state index contributed by atoms with van der Waals surface area (Å²) in [6.45, 7) is 2.28. The third kappa shape index (κ3) is 4.02. The van der Waals surface area contributed by atoms with Crippen molar-refractivity contribution in [2.45, 2.75) is 51.5 Å². The van der Waals surface area contributed by atoms with E-state index in [1.807, 2.05) is 12.1 Å². The highest BCUT2D eigenvalue weighted by Gasteiger charge is 2.27. The molecule has 1 aliphatic rings. The number of hydrazine groups is 1. The molecule has 106 valence electrons. The van der Waals surface area contributed by atoms with Crippen LogP contribution in [0.1, 0.15) is 44.6 Å². The third-order valence-corrected chi connectivity index (χ3v) is 4.55. The first-order valence-electron chi connectivity index (χ1n) is 7.43. The summed E-state index contributed by atoms with van der Waals surface area (Å²) in [5, 5.41) is 0. The molecule has 1 aromatic carbocycles. The molecule has 0 aromatic heterocycles. The van der Waals surface area contributed by atoms with Crippen LogP contribution in [0.3, 0.4) is 0 Å². The van der Waals surface area contributed by atoms with Gasteiger partial charge in [-0.3, -0.25) is 11.3 Å². The standard InChI is InChI=1S/C16H25FN2/c1-2-12-4-3-5-14(10-12)16(19-18)11-13-6-8-15(17)9-7-13/h6-9,12,14,16,19H,2-5,10-11,18H2,1H3. The van der Waals surface area contributed by atoms with E-state index in [-0.39, 0.29) is 5.82 Å². The van der Waals surface area contributed by atoms with Crippen molar-refractivity contribution in [1.82, 2.24) is 5.43 Å². The van der Waals surface area contributed by atoms with Gasteiger partial charge in [-0.25, -0.2) is 4.39 Å². The largest absolute Gasteiger partial charge is 0.271 e. The van der Waals surface area contributed by atoms with Crippen molar-refractivity contribution >= 4 is 0 Å². The highest BCUT2D eigenvalue weighted by Crippen LogP contribution is 2.33. The Kier molecular flexibility index (Phi) is 5.34. The molecule has 0 spiro atoms. The minimum Gasteiger partial charge on any atom is -0.271 e. The van der Waals surface area contributed by atoms with E-state index in [0.717, 1.165) is 17.9 Å². The summed E-state index contributed by atoms with van der Waals surface area (Å²) in [7, 11) is 0. The van der Waals surface area contributed by atoms with Crippen molar-refractivity contribution in [2.24, 2.45) is 17.7 Å².